The topological polar surface area (TPSA) is 64.6 Å². The van der Waals surface area contributed by atoms with E-state index < -0.39 is 10.0 Å². The summed E-state index contributed by atoms with van der Waals surface area (Å²) < 4.78 is 38.2. The number of nitrogens with one attached hydrogen (secondary N) is 1. The molecule has 6 heteroatoms. The van der Waals surface area contributed by atoms with Gasteiger partial charge in [0, 0.05) is 12.1 Å². The molecule has 5 nitrogen and oxygen atoms in total. The zero-order chi connectivity index (χ0) is 17.9. The summed E-state index contributed by atoms with van der Waals surface area (Å²) in [5.41, 5.74) is 0.777. The van der Waals surface area contributed by atoms with Crippen LogP contribution in [0.2, 0.25) is 0 Å². The molecule has 0 aliphatic heterocycles. The zero-order valence-corrected chi connectivity index (χ0v) is 14.8. The number of methoxy groups -OCH3 is 2. The molecule has 0 atom stereocenters. The van der Waals surface area contributed by atoms with Gasteiger partial charge in [0.2, 0.25) is 10.0 Å². The van der Waals surface area contributed by atoms with Crippen LogP contribution >= 0.6 is 0 Å². The van der Waals surface area contributed by atoms with Gasteiger partial charge in [-0.3, -0.25) is 0 Å². The molecule has 0 fully saturated rings. The van der Waals surface area contributed by atoms with Crippen molar-refractivity contribution < 1.29 is 17.9 Å². The van der Waals surface area contributed by atoms with Crippen molar-refractivity contribution in [2.24, 2.45) is 0 Å². The van der Waals surface area contributed by atoms with Crippen molar-refractivity contribution in [3.8, 4) is 11.5 Å². The number of sulfonamides is 1. The quantitative estimate of drug-likeness (QED) is 0.735. The Labute approximate surface area is 147 Å². The molecule has 0 aromatic heterocycles. The minimum Gasteiger partial charge on any atom is -0.497 e. The SMILES string of the molecule is COc1ccc2cc(S(=O)(=O)NCc3ccccc3OC)ccc2c1. The van der Waals surface area contributed by atoms with Crippen molar-refractivity contribution in [1.29, 1.82) is 0 Å². The molecule has 3 aromatic carbocycles. The van der Waals surface area contributed by atoms with Crippen LogP contribution in [0.15, 0.2) is 65.6 Å². The van der Waals surface area contributed by atoms with E-state index in [1.165, 1.54) is 0 Å². The van der Waals surface area contributed by atoms with E-state index in [0.29, 0.717) is 5.75 Å². The first-order chi connectivity index (χ1) is 12.0. The molecule has 0 bridgehead atoms. The highest BCUT2D eigenvalue weighted by atomic mass is 32.2. The predicted octanol–water partition coefficient (Wildman–Crippen LogP) is 3.34. The van der Waals surface area contributed by atoms with Crippen LogP contribution in [0.25, 0.3) is 10.8 Å². The largest absolute Gasteiger partial charge is 0.497 e. The highest BCUT2D eigenvalue weighted by Gasteiger charge is 2.15. The molecule has 1 N–H and O–H groups in total. The summed E-state index contributed by atoms with van der Waals surface area (Å²) in [6.07, 6.45) is 0. The van der Waals surface area contributed by atoms with Crippen molar-refractivity contribution >= 4 is 20.8 Å². The normalized spacial score (nSPS) is 11.4. The molecule has 0 unspecified atom stereocenters. The van der Waals surface area contributed by atoms with Crippen molar-refractivity contribution in [3.63, 3.8) is 0 Å². The molecule has 0 aliphatic rings. The van der Waals surface area contributed by atoms with Crippen molar-refractivity contribution in [2.75, 3.05) is 14.2 Å². The molecule has 3 rings (SSSR count). The summed E-state index contributed by atoms with van der Waals surface area (Å²) in [5.74, 6) is 1.38. The van der Waals surface area contributed by atoms with Gasteiger partial charge >= 0.3 is 0 Å². The molecule has 0 saturated carbocycles. The lowest BCUT2D eigenvalue weighted by atomic mass is 10.1. The Kier molecular flexibility index (Phi) is 4.92. The van der Waals surface area contributed by atoms with Gasteiger partial charge in [-0.1, -0.05) is 30.3 Å². The van der Waals surface area contributed by atoms with Gasteiger partial charge in [-0.25, -0.2) is 13.1 Å². The summed E-state index contributed by atoms with van der Waals surface area (Å²) in [6, 6.07) is 17.8. The number of para-hydroxylation sites is 1. The fourth-order valence-electron chi connectivity index (χ4n) is 2.60. The van der Waals surface area contributed by atoms with Crippen LogP contribution in [-0.4, -0.2) is 22.6 Å². The van der Waals surface area contributed by atoms with E-state index in [-0.39, 0.29) is 11.4 Å². The molecule has 130 valence electrons. The summed E-state index contributed by atoms with van der Waals surface area (Å²) in [7, 11) is -0.468. The third-order valence-electron chi connectivity index (χ3n) is 3.97. The van der Waals surface area contributed by atoms with Crippen molar-refractivity contribution in [3.05, 3.63) is 66.2 Å². The van der Waals surface area contributed by atoms with E-state index in [0.717, 1.165) is 22.1 Å². The Balaban J connectivity index is 1.85. The van der Waals surface area contributed by atoms with Gasteiger partial charge < -0.3 is 9.47 Å². The standard InChI is InChI=1S/C19H19NO4S/c1-23-17-9-7-15-12-18(10-8-14(15)11-17)25(21,22)20-13-16-5-3-4-6-19(16)24-2/h3-12,20H,13H2,1-2H3. The molecule has 3 aromatic rings. The smallest absolute Gasteiger partial charge is 0.240 e. The molecule has 0 amide bonds. The van der Waals surface area contributed by atoms with Gasteiger partial charge in [-0.2, -0.15) is 0 Å². The highest BCUT2D eigenvalue weighted by Crippen LogP contribution is 2.24. The van der Waals surface area contributed by atoms with Crippen LogP contribution < -0.4 is 14.2 Å². The van der Waals surface area contributed by atoms with Crippen LogP contribution in [0.5, 0.6) is 11.5 Å². The average Bonchev–Trinajstić information content (AvgIpc) is 2.65. The number of hydrogen-bond donors (Lipinski definition) is 1. The first kappa shape index (κ1) is 17.3. The maximum atomic E-state index is 12.6. The molecular formula is C19H19NO4S. The van der Waals surface area contributed by atoms with Crippen LogP contribution in [0.4, 0.5) is 0 Å². The van der Waals surface area contributed by atoms with Crippen LogP contribution in [0.3, 0.4) is 0 Å². The van der Waals surface area contributed by atoms with Crippen molar-refractivity contribution in [1.82, 2.24) is 4.72 Å². The lowest BCUT2D eigenvalue weighted by Crippen LogP contribution is -2.23. The molecule has 0 aliphatic carbocycles. The van der Waals surface area contributed by atoms with Crippen LogP contribution in [-0.2, 0) is 16.6 Å². The summed E-state index contributed by atoms with van der Waals surface area (Å²) in [5, 5.41) is 1.75. The van der Waals surface area contributed by atoms with E-state index in [1.807, 2.05) is 30.3 Å². The zero-order valence-electron chi connectivity index (χ0n) is 14.0. The van der Waals surface area contributed by atoms with Crippen molar-refractivity contribution in [2.45, 2.75) is 11.4 Å². The molecule has 0 heterocycles. The predicted molar refractivity (Wildman–Crippen MR) is 97.5 cm³/mol. The molecular weight excluding hydrogens is 338 g/mol. The van der Waals surface area contributed by atoms with E-state index >= 15 is 0 Å². The van der Waals surface area contributed by atoms with Gasteiger partial charge in [0.05, 0.1) is 19.1 Å². The minimum absolute atomic E-state index is 0.160. The highest BCUT2D eigenvalue weighted by molar-refractivity contribution is 7.89. The maximum absolute atomic E-state index is 12.6. The second-order valence-corrected chi connectivity index (χ2v) is 7.28. The number of hydrogen-bond acceptors (Lipinski definition) is 4. The third kappa shape index (κ3) is 3.75. The van der Waals surface area contributed by atoms with Gasteiger partial charge in [0.25, 0.3) is 0 Å². The van der Waals surface area contributed by atoms with Crippen LogP contribution in [0.1, 0.15) is 5.56 Å². The van der Waals surface area contributed by atoms with Gasteiger partial charge in [0.15, 0.2) is 0 Å². The van der Waals surface area contributed by atoms with Gasteiger partial charge in [-0.05, 0) is 41.1 Å². The lowest BCUT2D eigenvalue weighted by molar-refractivity contribution is 0.409. The number of ether oxygens (including phenoxy) is 2. The Morgan fingerprint density at radius 3 is 2.36 bits per heavy atom. The number of rotatable bonds is 6. The van der Waals surface area contributed by atoms with E-state index in [2.05, 4.69) is 4.72 Å². The Morgan fingerprint density at radius 1 is 0.880 bits per heavy atom. The van der Waals surface area contributed by atoms with E-state index in [9.17, 15) is 8.42 Å². The minimum atomic E-state index is -3.63. The Hall–Kier alpha value is -2.57. The van der Waals surface area contributed by atoms with Crippen LogP contribution in [0, 0.1) is 0 Å². The number of fused-ring (bicyclic) bond motifs is 1. The molecule has 0 saturated heterocycles. The molecule has 0 spiro atoms. The monoisotopic (exact) mass is 357 g/mol. The second kappa shape index (κ2) is 7.13. The summed E-state index contributed by atoms with van der Waals surface area (Å²) in [6.45, 7) is 0.160. The maximum Gasteiger partial charge on any atom is 0.240 e. The second-order valence-electron chi connectivity index (χ2n) is 5.51. The van der Waals surface area contributed by atoms with E-state index in [4.69, 9.17) is 9.47 Å². The first-order valence-corrected chi connectivity index (χ1v) is 9.21. The fourth-order valence-corrected chi connectivity index (χ4v) is 3.64. The Morgan fingerprint density at radius 2 is 1.60 bits per heavy atom. The van der Waals surface area contributed by atoms with Gasteiger partial charge in [0.1, 0.15) is 11.5 Å². The van der Waals surface area contributed by atoms with E-state index in [1.54, 1.807) is 44.6 Å². The fraction of sp³-hybridized carbons (Fsp3) is 0.158. The average molecular weight is 357 g/mol. The summed E-state index contributed by atoms with van der Waals surface area (Å²) in [4.78, 5) is 0.222. The lowest BCUT2D eigenvalue weighted by Gasteiger charge is -2.11. The third-order valence-corrected chi connectivity index (χ3v) is 5.37. The molecule has 25 heavy (non-hydrogen) atoms. The first-order valence-electron chi connectivity index (χ1n) is 7.73. The summed E-state index contributed by atoms with van der Waals surface area (Å²) >= 11 is 0. The number of benzene rings is 3. The molecule has 0 radical (unpaired) electrons. The van der Waals surface area contributed by atoms with Gasteiger partial charge in [-0.15, -0.1) is 0 Å². The Bertz CT molecular complexity index is 999.